The van der Waals surface area contributed by atoms with E-state index in [9.17, 15) is 14.4 Å². The van der Waals surface area contributed by atoms with Gasteiger partial charge in [0.15, 0.2) is 6.61 Å². The number of hydrogen-bond acceptors (Lipinski definition) is 5. The molecule has 20 heavy (non-hydrogen) atoms. The van der Waals surface area contributed by atoms with Crippen LogP contribution >= 0.6 is 0 Å². The van der Waals surface area contributed by atoms with Gasteiger partial charge in [0.25, 0.3) is 11.8 Å². The van der Waals surface area contributed by atoms with Gasteiger partial charge in [-0.3, -0.25) is 9.59 Å². The highest BCUT2D eigenvalue weighted by Crippen LogP contribution is 2.28. The average molecular weight is 278 g/mol. The van der Waals surface area contributed by atoms with Crippen LogP contribution in [0.4, 0.5) is 5.69 Å². The third-order valence-corrected chi connectivity index (χ3v) is 2.78. The summed E-state index contributed by atoms with van der Waals surface area (Å²) in [6, 6.07) is 3.88. The van der Waals surface area contributed by atoms with Crippen LogP contribution in [0.25, 0.3) is 0 Å². The number of fused-ring (bicyclic) bond motifs is 1. The fraction of sp³-hybridized carbons (Fsp3) is 0.308. The molecule has 0 spiro atoms. The van der Waals surface area contributed by atoms with E-state index in [1.807, 2.05) is 0 Å². The molecular weight excluding hydrogens is 264 g/mol. The second-order valence-electron chi connectivity index (χ2n) is 4.27. The SMILES string of the molecule is COC(=O)C(C)NC(=O)c1ccc2c(c1)NC(=O)CO2. The molecule has 1 unspecified atom stereocenters. The molecule has 0 radical (unpaired) electrons. The lowest BCUT2D eigenvalue weighted by Gasteiger charge is -2.18. The molecule has 1 aromatic carbocycles. The zero-order chi connectivity index (χ0) is 14.7. The van der Waals surface area contributed by atoms with Crippen molar-refractivity contribution in [3.05, 3.63) is 23.8 Å². The van der Waals surface area contributed by atoms with Crippen molar-refractivity contribution in [1.82, 2.24) is 5.32 Å². The summed E-state index contributed by atoms with van der Waals surface area (Å²) in [7, 11) is 1.25. The number of methoxy groups -OCH3 is 1. The van der Waals surface area contributed by atoms with E-state index in [-0.39, 0.29) is 12.5 Å². The fourth-order valence-corrected chi connectivity index (χ4v) is 1.74. The number of rotatable bonds is 3. The molecule has 0 saturated heterocycles. The van der Waals surface area contributed by atoms with Crippen molar-refractivity contribution in [3.8, 4) is 5.75 Å². The minimum Gasteiger partial charge on any atom is -0.482 e. The highest BCUT2D eigenvalue weighted by Gasteiger charge is 2.20. The molecule has 0 fully saturated rings. The lowest BCUT2D eigenvalue weighted by molar-refractivity contribution is -0.142. The van der Waals surface area contributed by atoms with Crippen LogP contribution in [0.15, 0.2) is 18.2 Å². The van der Waals surface area contributed by atoms with E-state index in [2.05, 4.69) is 15.4 Å². The van der Waals surface area contributed by atoms with Crippen LogP contribution < -0.4 is 15.4 Å². The summed E-state index contributed by atoms with van der Waals surface area (Å²) in [5, 5.41) is 5.10. The van der Waals surface area contributed by atoms with Crippen molar-refractivity contribution in [2.75, 3.05) is 19.0 Å². The molecular formula is C13H14N2O5. The van der Waals surface area contributed by atoms with Crippen LogP contribution in [-0.2, 0) is 14.3 Å². The molecule has 7 heteroatoms. The Bertz CT molecular complexity index is 570. The Morgan fingerprint density at radius 3 is 2.90 bits per heavy atom. The van der Waals surface area contributed by atoms with E-state index >= 15 is 0 Å². The van der Waals surface area contributed by atoms with Gasteiger partial charge in [-0.2, -0.15) is 0 Å². The van der Waals surface area contributed by atoms with Gasteiger partial charge in [-0.25, -0.2) is 4.79 Å². The van der Waals surface area contributed by atoms with E-state index in [0.717, 1.165) is 0 Å². The van der Waals surface area contributed by atoms with Gasteiger partial charge in [-0.1, -0.05) is 0 Å². The fourth-order valence-electron chi connectivity index (χ4n) is 1.74. The molecule has 1 aromatic rings. The quantitative estimate of drug-likeness (QED) is 0.776. The molecule has 1 atom stereocenters. The number of amides is 2. The maximum Gasteiger partial charge on any atom is 0.328 e. The van der Waals surface area contributed by atoms with Crippen LogP contribution in [-0.4, -0.2) is 37.5 Å². The third kappa shape index (κ3) is 2.87. The van der Waals surface area contributed by atoms with Crippen molar-refractivity contribution in [1.29, 1.82) is 0 Å². The normalized spacial score (nSPS) is 14.4. The average Bonchev–Trinajstić information content (AvgIpc) is 2.45. The summed E-state index contributed by atoms with van der Waals surface area (Å²) in [5.41, 5.74) is 0.741. The first-order valence-electron chi connectivity index (χ1n) is 5.96. The summed E-state index contributed by atoms with van der Waals surface area (Å²) < 4.78 is 9.71. The molecule has 1 aliphatic heterocycles. The molecule has 2 rings (SSSR count). The van der Waals surface area contributed by atoms with Crippen molar-refractivity contribution < 1.29 is 23.9 Å². The summed E-state index contributed by atoms with van der Waals surface area (Å²) in [6.07, 6.45) is 0. The smallest absolute Gasteiger partial charge is 0.328 e. The van der Waals surface area contributed by atoms with Gasteiger partial charge in [-0.05, 0) is 25.1 Å². The second-order valence-corrected chi connectivity index (χ2v) is 4.27. The zero-order valence-corrected chi connectivity index (χ0v) is 11.1. The lowest BCUT2D eigenvalue weighted by atomic mass is 10.1. The van der Waals surface area contributed by atoms with Gasteiger partial charge in [0.1, 0.15) is 11.8 Å². The minimum atomic E-state index is -0.755. The zero-order valence-electron chi connectivity index (χ0n) is 11.1. The highest BCUT2D eigenvalue weighted by molar-refractivity contribution is 6.00. The van der Waals surface area contributed by atoms with Gasteiger partial charge in [-0.15, -0.1) is 0 Å². The number of benzene rings is 1. The Labute approximate surface area is 115 Å². The molecule has 2 amide bonds. The molecule has 1 heterocycles. The van der Waals surface area contributed by atoms with Gasteiger partial charge in [0.2, 0.25) is 0 Å². The van der Waals surface area contributed by atoms with Gasteiger partial charge >= 0.3 is 5.97 Å². The molecule has 0 bridgehead atoms. The third-order valence-electron chi connectivity index (χ3n) is 2.78. The minimum absolute atomic E-state index is 0.0437. The number of carbonyl (C=O) groups excluding carboxylic acids is 3. The van der Waals surface area contributed by atoms with Crippen molar-refractivity contribution in [2.45, 2.75) is 13.0 Å². The first-order valence-corrected chi connectivity index (χ1v) is 5.96. The standard InChI is InChI=1S/C13H14N2O5/c1-7(13(18)19-2)14-12(17)8-3-4-10-9(5-8)15-11(16)6-20-10/h3-5,7H,6H2,1-2H3,(H,14,17)(H,15,16). The van der Waals surface area contributed by atoms with E-state index in [0.29, 0.717) is 17.0 Å². The number of carbonyl (C=O) groups is 3. The number of esters is 1. The topological polar surface area (TPSA) is 93.7 Å². The van der Waals surface area contributed by atoms with E-state index < -0.39 is 17.9 Å². The van der Waals surface area contributed by atoms with Crippen molar-refractivity contribution in [3.63, 3.8) is 0 Å². The van der Waals surface area contributed by atoms with Gasteiger partial charge < -0.3 is 20.1 Å². The van der Waals surface area contributed by atoms with Gasteiger partial charge in [0.05, 0.1) is 12.8 Å². The molecule has 1 aliphatic rings. The summed E-state index contributed by atoms with van der Waals surface area (Å²) in [5.74, 6) is -0.751. The molecule has 106 valence electrons. The summed E-state index contributed by atoms with van der Waals surface area (Å²) in [6.45, 7) is 1.48. The maximum absolute atomic E-state index is 12.0. The second kappa shape index (κ2) is 5.60. The molecule has 0 aliphatic carbocycles. The predicted molar refractivity (Wildman–Crippen MR) is 69.5 cm³/mol. The molecule has 0 saturated carbocycles. The Morgan fingerprint density at radius 1 is 1.45 bits per heavy atom. The van der Waals surface area contributed by atoms with E-state index in [1.165, 1.54) is 20.1 Å². The van der Waals surface area contributed by atoms with Crippen molar-refractivity contribution >= 4 is 23.5 Å². The van der Waals surface area contributed by atoms with Gasteiger partial charge in [0, 0.05) is 5.56 Å². The van der Waals surface area contributed by atoms with Crippen LogP contribution in [0.3, 0.4) is 0 Å². The largest absolute Gasteiger partial charge is 0.482 e. The Hall–Kier alpha value is -2.57. The van der Waals surface area contributed by atoms with E-state index in [4.69, 9.17) is 4.74 Å². The summed E-state index contributed by atoms with van der Waals surface area (Å²) in [4.78, 5) is 34.4. The first-order chi connectivity index (χ1) is 9.51. The maximum atomic E-state index is 12.0. The van der Waals surface area contributed by atoms with Crippen molar-refractivity contribution in [2.24, 2.45) is 0 Å². The van der Waals surface area contributed by atoms with Crippen LogP contribution in [0.1, 0.15) is 17.3 Å². The number of ether oxygens (including phenoxy) is 2. The monoisotopic (exact) mass is 278 g/mol. The van der Waals surface area contributed by atoms with Crippen LogP contribution in [0.5, 0.6) is 5.75 Å². The molecule has 2 N–H and O–H groups in total. The van der Waals surface area contributed by atoms with Crippen LogP contribution in [0.2, 0.25) is 0 Å². The number of hydrogen-bond donors (Lipinski definition) is 2. The molecule has 0 aromatic heterocycles. The van der Waals surface area contributed by atoms with E-state index in [1.54, 1.807) is 12.1 Å². The first kappa shape index (κ1) is 13.9. The predicted octanol–water partition coefficient (Wildman–Crippen LogP) is 0.309. The highest BCUT2D eigenvalue weighted by atomic mass is 16.5. The Morgan fingerprint density at radius 2 is 2.20 bits per heavy atom. The summed E-state index contributed by atoms with van der Waals surface area (Å²) >= 11 is 0. The Kier molecular flexibility index (Phi) is 3.88. The lowest BCUT2D eigenvalue weighted by Crippen LogP contribution is -2.39. The number of anilines is 1. The number of nitrogens with one attached hydrogen (secondary N) is 2. The van der Waals surface area contributed by atoms with Crippen LogP contribution in [0, 0.1) is 0 Å². The molecule has 7 nitrogen and oxygen atoms in total. The Balaban J connectivity index is 2.13.